The van der Waals surface area contributed by atoms with Crippen molar-refractivity contribution in [2.24, 2.45) is 0 Å². The topological polar surface area (TPSA) is 42.4 Å². The van der Waals surface area contributed by atoms with Gasteiger partial charge in [0.2, 0.25) is 5.91 Å². The minimum absolute atomic E-state index is 0.131. The van der Waals surface area contributed by atoms with Gasteiger partial charge >= 0.3 is 0 Å². The van der Waals surface area contributed by atoms with Crippen LogP contribution in [0.15, 0.2) is 48.7 Å². The molecule has 3 rings (SSSR count). The first-order chi connectivity index (χ1) is 12.0. The Labute approximate surface area is 153 Å². The molecule has 1 amide bonds. The molecule has 0 aliphatic carbocycles. The number of halogens is 1. The molecule has 1 aliphatic rings. The number of amides is 1. The van der Waals surface area contributed by atoms with Gasteiger partial charge in [0.05, 0.1) is 10.7 Å². The second kappa shape index (κ2) is 7.70. The SMILES string of the molecule is C=C(C)CCN1C(=O)CCc2cc(OCc3ccccn3)c(Cl)cc21. The number of carbonyl (C=O) groups excluding carboxylic acids is 1. The molecule has 25 heavy (non-hydrogen) atoms. The average molecular weight is 357 g/mol. The van der Waals surface area contributed by atoms with Crippen LogP contribution in [0.4, 0.5) is 5.69 Å². The first-order valence-corrected chi connectivity index (χ1v) is 8.72. The molecule has 0 N–H and O–H groups in total. The van der Waals surface area contributed by atoms with E-state index < -0.39 is 0 Å². The summed E-state index contributed by atoms with van der Waals surface area (Å²) in [5.41, 5.74) is 3.87. The third kappa shape index (κ3) is 4.20. The van der Waals surface area contributed by atoms with E-state index in [1.165, 1.54) is 0 Å². The van der Waals surface area contributed by atoms with Crippen molar-refractivity contribution in [3.05, 3.63) is 65.0 Å². The number of pyridine rings is 1. The Morgan fingerprint density at radius 2 is 2.20 bits per heavy atom. The predicted molar refractivity (Wildman–Crippen MR) is 100 cm³/mol. The van der Waals surface area contributed by atoms with Crippen LogP contribution in [-0.2, 0) is 17.8 Å². The van der Waals surface area contributed by atoms with E-state index in [2.05, 4.69) is 11.6 Å². The number of hydrogen-bond donors (Lipinski definition) is 0. The molecular weight excluding hydrogens is 336 g/mol. The third-order valence-corrected chi connectivity index (χ3v) is 4.49. The monoisotopic (exact) mass is 356 g/mol. The van der Waals surface area contributed by atoms with Crippen LogP contribution >= 0.6 is 11.6 Å². The van der Waals surface area contributed by atoms with Gasteiger partial charge in [-0.1, -0.05) is 23.2 Å². The molecule has 5 heteroatoms. The summed E-state index contributed by atoms with van der Waals surface area (Å²) >= 11 is 6.40. The second-order valence-electron chi connectivity index (χ2n) is 6.27. The molecule has 0 saturated carbocycles. The van der Waals surface area contributed by atoms with Gasteiger partial charge in [-0.05, 0) is 49.6 Å². The zero-order valence-corrected chi connectivity index (χ0v) is 15.1. The summed E-state index contributed by atoms with van der Waals surface area (Å²) in [4.78, 5) is 18.3. The Hall–Kier alpha value is -2.33. The van der Waals surface area contributed by atoms with Gasteiger partial charge in [0, 0.05) is 24.8 Å². The lowest BCUT2D eigenvalue weighted by Gasteiger charge is -2.30. The van der Waals surface area contributed by atoms with Crippen LogP contribution in [-0.4, -0.2) is 17.4 Å². The predicted octanol–water partition coefficient (Wildman–Crippen LogP) is 4.56. The van der Waals surface area contributed by atoms with Crippen molar-refractivity contribution in [3.63, 3.8) is 0 Å². The highest BCUT2D eigenvalue weighted by atomic mass is 35.5. The van der Waals surface area contributed by atoms with Crippen molar-refractivity contribution < 1.29 is 9.53 Å². The standard InChI is InChI=1S/C20H21ClN2O2/c1-14(2)8-10-23-18-12-17(21)19(11-15(18)6-7-20(23)24)25-13-16-5-3-4-9-22-16/h3-5,9,11-12H,1,6-8,10,13H2,2H3. The van der Waals surface area contributed by atoms with Crippen LogP contribution in [0.5, 0.6) is 5.75 Å². The fraction of sp³-hybridized carbons (Fsp3) is 0.300. The lowest BCUT2D eigenvalue weighted by atomic mass is 10.00. The smallest absolute Gasteiger partial charge is 0.227 e. The van der Waals surface area contributed by atoms with Crippen molar-refractivity contribution >= 4 is 23.2 Å². The summed E-state index contributed by atoms with van der Waals surface area (Å²) in [6.45, 7) is 6.87. The lowest BCUT2D eigenvalue weighted by Crippen LogP contribution is -2.36. The molecule has 0 bridgehead atoms. The van der Waals surface area contributed by atoms with Gasteiger partial charge in [0.1, 0.15) is 12.4 Å². The van der Waals surface area contributed by atoms with Gasteiger partial charge in [-0.15, -0.1) is 6.58 Å². The molecule has 1 aromatic carbocycles. The molecule has 2 aromatic rings. The van der Waals surface area contributed by atoms with E-state index >= 15 is 0 Å². The number of ether oxygens (including phenoxy) is 1. The molecule has 0 saturated heterocycles. The summed E-state index contributed by atoms with van der Waals surface area (Å²) in [6, 6.07) is 9.47. The number of anilines is 1. The van der Waals surface area contributed by atoms with E-state index in [4.69, 9.17) is 16.3 Å². The first kappa shape index (κ1) is 17.5. The number of aryl methyl sites for hydroxylation is 1. The van der Waals surface area contributed by atoms with Gasteiger partial charge in [0.25, 0.3) is 0 Å². The van der Waals surface area contributed by atoms with Crippen molar-refractivity contribution in [1.29, 1.82) is 0 Å². The van der Waals surface area contributed by atoms with Crippen LogP contribution < -0.4 is 9.64 Å². The zero-order chi connectivity index (χ0) is 17.8. The van der Waals surface area contributed by atoms with Crippen LogP contribution in [0.3, 0.4) is 0 Å². The Balaban J connectivity index is 1.80. The fourth-order valence-electron chi connectivity index (χ4n) is 2.84. The average Bonchev–Trinajstić information content (AvgIpc) is 2.60. The summed E-state index contributed by atoms with van der Waals surface area (Å²) < 4.78 is 5.84. The van der Waals surface area contributed by atoms with Gasteiger partial charge < -0.3 is 9.64 Å². The highest BCUT2D eigenvalue weighted by Crippen LogP contribution is 2.37. The highest BCUT2D eigenvalue weighted by molar-refractivity contribution is 6.32. The Bertz CT molecular complexity index is 790. The summed E-state index contributed by atoms with van der Waals surface area (Å²) in [5, 5.41) is 0.504. The molecule has 0 unspecified atom stereocenters. The Kier molecular flexibility index (Phi) is 5.39. The molecule has 0 fully saturated rings. The second-order valence-corrected chi connectivity index (χ2v) is 6.68. The Morgan fingerprint density at radius 1 is 1.36 bits per heavy atom. The normalized spacial score (nSPS) is 13.5. The molecule has 1 aliphatic heterocycles. The summed E-state index contributed by atoms with van der Waals surface area (Å²) in [7, 11) is 0. The maximum absolute atomic E-state index is 12.3. The summed E-state index contributed by atoms with van der Waals surface area (Å²) in [6.07, 6.45) is 3.72. The van der Waals surface area contributed by atoms with Gasteiger partial charge in [-0.3, -0.25) is 9.78 Å². The van der Waals surface area contributed by atoms with Crippen molar-refractivity contribution in [3.8, 4) is 5.75 Å². The Morgan fingerprint density at radius 3 is 2.92 bits per heavy atom. The molecule has 0 radical (unpaired) electrons. The van der Waals surface area contributed by atoms with Crippen LogP contribution in [0, 0.1) is 0 Å². The van der Waals surface area contributed by atoms with Crippen molar-refractivity contribution in [2.75, 3.05) is 11.4 Å². The molecule has 0 spiro atoms. The zero-order valence-electron chi connectivity index (χ0n) is 14.3. The van der Waals surface area contributed by atoms with Gasteiger partial charge in [0.15, 0.2) is 0 Å². The fourth-order valence-corrected chi connectivity index (χ4v) is 3.05. The quantitative estimate of drug-likeness (QED) is 0.712. The van der Waals surface area contributed by atoms with E-state index in [-0.39, 0.29) is 5.91 Å². The van der Waals surface area contributed by atoms with Gasteiger partial charge in [-0.25, -0.2) is 0 Å². The summed E-state index contributed by atoms with van der Waals surface area (Å²) in [5.74, 6) is 0.757. The molecule has 130 valence electrons. The minimum atomic E-state index is 0.131. The maximum atomic E-state index is 12.3. The number of carbonyl (C=O) groups is 1. The van der Waals surface area contributed by atoms with E-state index in [1.807, 2.05) is 42.2 Å². The minimum Gasteiger partial charge on any atom is -0.486 e. The largest absolute Gasteiger partial charge is 0.486 e. The highest BCUT2D eigenvalue weighted by Gasteiger charge is 2.25. The van der Waals surface area contributed by atoms with Crippen LogP contribution in [0.2, 0.25) is 5.02 Å². The number of rotatable bonds is 6. The number of benzene rings is 1. The van der Waals surface area contributed by atoms with E-state index in [0.717, 1.165) is 28.9 Å². The first-order valence-electron chi connectivity index (χ1n) is 8.34. The van der Waals surface area contributed by atoms with Crippen molar-refractivity contribution in [1.82, 2.24) is 4.98 Å². The molecular formula is C20H21ClN2O2. The van der Waals surface area contributed by atoms with Crippen LogP contribution in [0.1, 0.15) is 31.0 Å². The third-order valence-electron chi connectivity index (χ3n) is 4.20. The number of fused-ring (bicyclic) bond motifs is 1. The van der Waals surface area contributed by atoms with Crippen LogP contribution in [0.25, 0.3) is 0 Å². The molecule has 0 atom stereocenters. The number of nitrogens with zero attached hydrogens (tertiary/aromatic N) is 2. The van der Waals surface area contributed by atoms with Gasteiger partial charge in [-0.2, -0.15) is 0 Å². The lowest BCUT2D eigenvalue weighted by molar-refractivity contribution is -0.118. The molecule has 1 aromatic heterocycles. The maximum Gasteiger partial charge on any atom is 0.227 e. The van der Waals surface area contributed by atoms with Crippen molar-refractivity contribution in [2.45, 2.75) is 32.8 Å². The number of hydrogen-bond acceptors (Lipinski definition) is 3. The van der Waals surface area contributed by atoms with E-state index in [0.29, 0.717) is 36.8 Å². The molecule has 4 nitrogen and oxygen atoms in total. The molecule has 2 heterocycles. The van der Waals surface area contributed by atoms with E-state index in [1.54, 1.807) is 6.20 Å². The van der Waals surface area contributed by atoms with E-state index in [9.17, 15) is 4.79 Å². The number of aromatic nitrogens is 1.